The second-order valence-corrected chi connectivity index (χ2v) is 7.76. The number of hydrogen-bond donors (Lipinski definition) is 0. The van der Waals surface area contributed by atoms with Crippen LogP contribution in [-0.2, 0) is 16.6 Å². The number of pyridine rings is 2. The molecule has 2 rings (SSSR count). The Bertz CT molecular complexity index is 768. The predicted octanol–water partition coefficient (Wildman–Crippen LogP) is 3.02. The highest BCUT2D eigenvalue weighted by molar-refractivity contribution is 9.10. The van der Waals surface area contributed by atoms with E-state index in [0.29, 0.717) is 10.2 Å². The van der Waals surface area contributed by atoms with Gasteiger partial charge in [-0.05, 0) is 41.1 Å². The number of aromatic nitrogens is 2. The minimum atomic E-state index is -3.73. The molecule has 0 spiro atoms. The third-order valence-electron chi connectivity index (χ3n) is 2.79. The first-order valence-corrected chi connectivity index (χ1v) is 8.62. The Morgan fingerprint density at radius 3 is 2.76 bits per heavy atom. The van der Waals surface area contributed by atoms with Crippen molar-refractivity contribution in [3.63, 3.8) is 0 Å². The fraction of sp³-hybridized carbons (Fsp3) is 0.231. The van der Waals surface area contributed by atoms with Crippen LogP contribution in [0.15, 0.2) is 39.8 Å². The minimum Gasteiger partial charge on any atom is -0.257 e. The average molecular weight is 391 g/mol. The van der Waals surface area contributed by atoms with Crippen LogP contribution in [0.5, 0.6) is 0 Å². The van der Waals surface area contributed by atoms with Crippen molar-refractivity contribution >= 4 is 37.6 Å². The van der Waals surface area contributed by atoms with E-state index in [1.165, 1.54) is 23.6 Å². The molecule has 21 heavy (non-hydrogen) atoms. The molecular formula is C13H13BrClN3O2S. The van der Waals surface area contributed by atoms with Gasteiger partial charge in [0.15, 0.2) is 0 Å². The van der Waals surface area contributed by atoms with Crippen LogP contribution in [0.1, 0.15) is 11.4 Å². The third kappa shape index (κ3) is 3.79. The van der Waals surface area contributed by atoms with Crippen molar-refractivity contribution in [2.45, 2.75) is 18.4 Å². The Balaban J connectivity index is 2.33. The van der Waals surface area contributed by atoms with Crippen LogP contribution in [0.2, 0.25) is 5.15 Å². The molecule has 0 bridgehead atoms. The number of halogens is 2. The first kappa shape index (κ1) is 16.4. The lowest BCUT2D eigenvalue weighted by Crippen LogP contribution is -2.27. The van der Waals surface area contributed by atoms with Gasteiger partial charge in [0.1, 0.15) is 10.0 Å². The van der Waals surface area contributed by atoms with Gasteiger partial charge in [-0.25, -0.2) is 13.4 Å². The Morgan fingerprint density at radius 2 is 2.10 bits per heavy atom. The highest BCUT2D eigenvalue weighted by atomic mass is 79.9. The molecule has 0 atom stereocenters. The highest BCUT2D eigenvalue weighted by Gasteiger charge is 2.25. The van der Waals surface area contributed by atoms with E-state index in [-0.39, 0.29) is 16.6 Å². The van der Waals surface area contributed by atoms with Gasteiger partial charge in [0.05, 0.1) is 12.2 Å². The van der Waals surface area contributed by atoms with Gasteiger partial charge in [0.2, 0.25) is 10.0 Å². The van der Waals surface area contributed by atoms with Gasteiger partial charge in [-0.3, -0.25) is 4.98 Å². The van der Waals surface area contributed by atoms with E-state index in [0.717, 1.165) is 5.69 Å². The van der Waals surface area contributed by atoms with Gasteiger partial charge in [-0.1, -0.05) is 17.7 Å². The molecule has 0 amide bonds. The zero-order valence-electron chi connectivity index (χ0n) is 11.4. The number of hydrogen-bond acceptors (Lipinski definition) is 4. The van der Waals surface area contributed by atoms with E-state index in [1.807, 2.05) is 19.1 Å². The van der Waals surface area contributed by atoms with E-state index in [1.54, 1.807) is 6.07 Å². The van der Waals surface area contributed by atoms with Crippen LogP contribution in [-0.4, -0.2) is 29.7 Å². The first-order valence-electron chi connectivity index (χ1n) is 6.00. The molecular weight excluding hydrogens is 378 g/mol. The molecule has 2 aromatic rings. The van der Waals surface area contributed by atoms with Crippen LogP contribution in [0.25, 0.3) is 0 Å². The zero-order chi connectivity index (χ0) is 15.6. The predicted molar refractivity (Wildman–Crippen MR) is 84.6 cm³/mol. The van der Waals surface area contributed by atoms with Crippen molar-refractivity contribution in [1.82, 2.24) is 14.3 Å². The summed E-state index contributed by atoms with van der Waals surface area (Å²) in [5, 5.41) is -0.0535. The minimum absolute atomic E-state index is 0.0336. The number of nitrogens with zero attached hydrogens (tertiary/aromatic N) is 3. The van der Waals surface area contributed by atoms with Crippen LogP contribution < -0.4 is 0 Å². The largest absolute Gasteiger partial charge is 0.257 e. The summed E-state index contributed by atoms with van der Waals surface area (Å²) in [6.07, 6.45) is 1.45. The number of rotatable bonds is 4. The van der Waals surface area contributed by atoms with Crippen LogP contribution >= 0.6 is 27.5 Å². The number of aryl methyl sites for hydroxylation is 1. The molecule has 8 heteroatoms. The monoisotopic (exact) mass is 389 g/mol. The van der Waals surface area contributed by atoms with E-state index in [2.05, 4.69) is 25.9 Å². The third-order valence-corrected chi connectivity index (χ3v) is 5.46. The van der Waals surface area contributed by atoms with Gasteiger partial charge in [0.25, 0.3) is 0 Å². The maximum absolute atomic E-state index is 12.5. The van der Waals surface area contributed by atoms with Crippen molar-refractivity contribution in [1.29, 1.82) is 0 Å². The Kier molecular flexibility index (Phi) is 4.98. The molecule has 0 aliphatic rings. The molecule has 0 aliphatic carbocycles. The fourth-order valence-corrected chi connectivity index (χ4v) is 3.81. The first-order chi connectivity index (χ1) is 9.80. The second-order valence-electron chi connectivity index (χ2n) is 4.47. The summed E-state index contributed by atoms with van der Waals surface area (Å²) in [4.78, 5) is 8.11. The van der Waals surface area contributed by atoms with Crippen molar-refractivity contribution in [2.75, 3.05) is 7.05 Å². The molecule has 0 radical (unpaired) electrons. The molecule has 0 N–H and O–H groups in total. The van der Waals surface area contributed by atoms with E-state index in [9.17, 15) is 8.42 Å². The fourth-order valence-electron chi connectivity index (χ4n) is 1.75. The molecule has 0 fully saturated rings. The van der Waals surface area contributed by atoms with Gasteiger partial charge in [-0.15, -0.1) is 0 Å². The topological polar surface area (TPSA) is 63.2 Å². The summed E-state index contributed by atoms with van der Waals surface area (Å²) >= 11 is 9.10. The van der Waals surface area contributed by atoms with Crippen LogP contribution in [0.4, 0.5) is 0 Å². The van der Waals surface area contributed by atoms with Gasteiger partial charge in [0, 0.05) is 23.4 Å². The summed E-state index contributed by atoms with van der Waals surface area (Å²) in [6.45, 7) is 2.01. The Labute approximate surface area is 137 Å². The lowest BCUT2D eigenvalue weighted by atomic mass is 10.3. The van der Waals surface area contributed by atoms with E-state index < -0.39 is 10.0 Å². The van der Waals surface area contributed by atoms with Crippen molar-refractivity contribution in [2.24, 2.45) is 0 Å². The molecule has 5 nitrogen and oxygen atoms in total. The smallest absolute Gasteiger partial charge is 0.246 e. The van der Waals surface area contributed by atoms with Crippen molar-refractivity contribution < 1.29 is 8.42 Å². The molecule has 0 saturated carbocycles. The highest BCUT2D eigenvalue weighted by Crippen LogP contribution is 2.25. The van der Waals surface area contributed by atoms with E-state index >= 15 is 0 Å². The normalized spacial score (nSPS) is 11.9. The van der Waals surface area contributed by atoms with Gasteiger partial charge < -0.3 is 0 Å². The molecule has 112 valence electrons. The van der Waals surface area contributed by atoms with Crippen LogP contribution in [0.3, 0.4) is 0 Å². The molecule has 0 aliphatic heterocycles. The Hall–Kier alpha value is -1.02. The molecule has 2 heterocycles. The molecule has 0 unspecified atom stereocenters. The molecule has 0 saturated heterocycles. The SMILES string of the molecule is Cc1cccc(CN(C)S(=O)(=O)c2cc(Br)cnc2Cl)n1. The van der Waals surface area contributed by atoms with Crippen LogP contribution in [0, 0.1) is 6.92 Å². The molecule has 0 aromatic carbocycles. The lowest BCUT2D eigenvalue weighted by Gasteiger charge is -2.17. The average Bonchev–Trinajstić information content (AvgIpc) is 2.41. The number of sulfonamides is 1. The maximum atomic E-state index is 12.5. The Morgan fingerprint density at radius 1 is 1.38 bits per heavy atom. The van der Waals surface area contributed by atoms with Crippen molar-refractivity contribution in [3.8, 4) is 0 Å². The quantitative estimate of drug-likeness (QED) is 0.753. The summed E-state index contributed by atoms with van der Waals surface area (Å²) in [6, 6.07) is 6.91. The summed E-state index contributed by atoms with van der Waals surface area (Å²) < 4.78 is 26.8. The standard InChI is InChI=1S/C13H13BrClN3O2S/c1-9-4-3-5-11(17-9)8-18(2)21(19,20)12-6-10(14)7-16-13(12)15/h3-7H,8H2,1-2H3. The zero-order valence-corrected chi connectivity index (χ0v) is 14.6. The molecule has 2 aromatic heterocycles. The summed E-state index contributed by atoms with van der Waals surface area (Å²) in [5.74, 6) is 0. The van der Waals surface area contributed by atoms with Gasteiger partial charge in [-0.2, -0.15) is 4.31 Å². The van der Waals surface area contributed by atoms with Gasteiger partial charge >= 0.3 is 0 Å². The van der Waals surface area contributed by atoms with Crippen molar-refractivity contribution in [3.05, 3.63) is 51.5 Å². The lowest BCUT2D eigenvalue weighted by molar-refractivity contribution is 0.461. The van der Waals surface area contributed by atoms with E-state index in [4.69, 9.17) is 11.6 Å². The summed E-state index contributed by atoms with van der Waals surface area (Å²) in [7, 11) is -2.25. The summed E-state index contributed by atoms with van der Waals surface area (Å²) in [5.41, 5.74) is 1.50. The second kappa shape index (κ2) is 6.39. The maximum Gasteiger partial charge on any atom is 0.246 e.